The van der Waals surface area contributed by atoms with Crippen molar-refractivity contribution in [3.8, 4) is 6.07 Å². The lowest BCUT2D eigenvalue weighted by Crippen LogP contribution is -2.59. The highest BCUT2D eigenvalue weighted by molar-refractivity contribution is 7.09. The predicted octanol–water partition coefficient (Wildman–Crippen LogP) is 5.31. The standard InChI is InChI=1S/C31H35N7OS/c1-5-23-17-38(29-27-26(36(4)31(39)35-29)14-13-22(15-32)33-27)24(6-2)16-37(23)28(21-9-7-19(3)8-10-21)30-34-25(18-40-30)20-11-12-20/h7-10,13-14,18,20,23-24,28H,5-6,11-12,16-17H2,1-4H3/t23-,24+,28-/m1/s1. The maximum absolute atomic E-state index is 12.9. The number of hydrogen-bond donors (Lipinski definition) is 0. The van der Waals surface area contributed by atoms with Crippen molar-refractivity contribution in [3.63, 3.8) is 0 Å². The minimum atomic E-state index is -0.313. The van der Waals surface area contributed by atoms with Gasteiger partial charge in [0.25, 0.3) is 0 Å². The number of fused-ring (bicyclic) bond motifs is 1. The number of pyridine rings is 1. The van der Waals surface area contributed by atoms with Crippen molar-refractivity contribution in [2.75, 3.05) is 18.0 Å². The van der Waals surface area contributed by atoms with Crippen LogP contribution in [0.2, 0.25) is 0 Å². The fraction of sp³-hybridized carbons (Fsp3) is 0.452. The average Bonchev–Trinajstić information content (AvgIpc) is 3.72. The van der Waals surface area contributed by atoms with E-state index in [1.54, 1.807) is 30.5 Å². The van der Waals surface area contributed by atoms with Gasteiger partial charge in [0.2, 0.25) is 0 Å². The first-order chi connectivity index (χ1) is 19.4. The Hall–Kier alpha value is -3.61. The van der Waals surface area contributed by atoms with Crippen molar-refractivity contribution < 1.29 is 0 Å². The van der Waals surface area contributed by atoms with Crippen molar-refractivity contribution in [3.05, 3.63) is 79.8 Å². The molecule has 0 spiro atoms. The first-order valence-corrected chi connectivity index (χ1v) is 15.1. The molecule has 206 valence electrons. The number of aryl methyl sites for hydroxylation is 2. The zero-order valence-corrected chi connectivity index (χ0v) is 24.4. The number of aromatic nitrogens is 4. The van der Waals surface area contributed by atoms with Crippen LogP contribution in [-0.2, 0) is 7.05 Å². The molecule has 0 bridgehead atoms. The van der Waals surface area contributed by atoms with Gasteiger partial charge in [-0.2, -0.15) is 10.2 Å². The Kier molecular flexibility index (Phi) is 7.15. The minimum absolute atomic E-state index is 0.0657. The first-order valence-electron chi connectivity index (χ1n) is 14.2. The molecule has 0 unspecified atom stereocenters. The Labute approximate surface area is 238 Å². The monoisotopic (exact) mass is 553 g/mol. The summed E-state index contributed by atoms with van der Waals surface area (Å²) in [5.41, 5.74) is 5.05. The van der Waals surface area contributed by atoms with Crippen LogP contribution in [0.25, 0.3) is 11.0 Å². The molecule has 1 aliphatic heterocycles. The maximum atomic E-state index is 12.9. The fourth-order valence-corrected chi connectivity index (χ4v) is 6.99. The molecule has 9 heteroatoms. The second kappa shape index (κ2) is 10.8. The van der Waals surface area contributed by atoms with Crippen molar-refractivity contribution in [2.45, 2.75) is 70.5 Å². The van der Waals surface area contributed by atoms with Gasteiger partial charge in [0.15, 0.2) is 5.82 Å². The van der Waals surface area contributed by atoms with E-state index in [0.29, 0.717) is 35.0 Å². The largest absolute Gasteiger partial charge is 0.349 e. The Morgan fingerprint density at radius 1 is 1.02 bits per heavy atom. The van der Waals surface area contributed by atoms with Gasteiger partial charge in [-0.1, -0.05) is 43.7 Å². The van der Waals surface area contributed by atoms with Crippen LogP contribution in [0, 0.1) is 18.3 Å². The topological polar surface area (TPSA) is 90.9 Å². The molecule has 4 heterocycles. The molecule has 1 aromatic carbocycles. The molecular weight excluding hydrogens is 518 g/mol. The van der Waals surface area contributed by atoms with Crippen LogP contribution in [0.15, 0.2) is 46.6 Å². The molecule has 1 saturated heterocycles. The Morgan fingerprint density at radius 2 is 1.77 bits per heavy atom. The van der Waals surface area contributed by atoms with Crippen LogP contribution in [0.1, 0.15) is 79.0 Å². The normalized spacial score (nSPS) is 20.5. The van der Waals surface area contributed by atoms with E-state index < -0.39 is 0 Å². The van der Waals surface area contributed by atoms with Crippen molar-refractivity contribution in [1.29, 1.82) is 5.26 Å². The van der Waals surface area contributed by atoms with Gasteiger partial charge in [-0.15, -0.1) is 11.3 Å². The molecule has 8 nitrogen and oxygen atoms in total. The molecule has 0 amide bonds. The van der Waals surface area contributed by atoms with E-state index in [2.05, 4.69) is 76.3 Å². The fourth-order valence-electron chi connectivity index (χ4n) is 5.95. The Balaban J connectivity index is 1.43. The summed E-state index contributed by atoms with van der Waals surface area (Å²) in [4.78, 5) is 32.2. The van der Waals surface area contributed by atoms with Crippen molar-refractivity contribution in [2.24, 2.45) is 7.05 Å². The van der Waals surface area contributed by atoms with Gasteiger partial charge in [-0.3, -0.25) is 9.47 Å². The highest BCUT2D eigenvalue weighted by atomic mass is 32.1. The van der Waals surface area contributed by atoms with Crippen molar-refractivity contribution in [1.82, 2.24) is 24.4 Å². The van der Waals surface area contributed by atoms with Gasteiger partial charge in [-0.25, -0.2) is 14.8 Å². The number of piperazine rings is 1. The number of benzene rings is 1. The molecule has 3 aromatic heterocycles. The summed E-state index contributed by atoms with van der Waals surface area (Å²) in [5.74, 6) is 1.20. The van der Waals surface area contributed by atoms with Crippen LogP contribution in [0.3, 0.4) is 0 Å². The number of rotatable bonds is 7. The van der Waals surface area contributed by atoms with E-state index in [0.717, 1.165) is 24.4 Å². The molecule has 3 atom stereocenters. The van der Waals surface area contributed by atoms with Crippen LogP contribution in [0.4, 0.5) is 5.82 Å². The van der Waals surface area contributed by atoms with Gasteiger partial charge < -0.3 is 4.90 Å². The first kappa shape index (κ1) is 26.6. The highest BCUT2D eigenvalue weighted by Gasteiger charge is 2.40. The van der Waals surface area contributed by atoms with E-state index in [9.17, 15) is 10.1 Å². The number of hydrogen-bond acceptors (Lipinski definition) is 8. The number of anilines is 1. The van der Waals surface area contributed by atoms with Crippen LogP contribution < -0.4 is 10.6 Å². The van der Waals surface area contributed by atoms with Gasteiger partial charge in [0.05, 0.1) is 17.3 Å². The minimum Gasteiger partial charge on any atom is -0.349 e. The van der Waals surface area contributed by atoms with Gasteiger partial charge in [-0.05, 0) is 50.3 Å². The SMILES string of the molecule is CC[C@H]1CN([C@H](c2ccc(C)cc2)c2nc(C3CC3)cs2)[C@H](CC)CN1c1nc(=O)n(C)c2ccc(C#N)nc12. The molecule has 0 N–H and O–H groups in total. The lowest BCUT2D eigenvalue weighted by molar-refractivity contribution is 0.110. The molecule has 40 heavy (non-hydrogen) atoms. The van der Waals surface area contributed by atoms with Gasteiger partial charge in [0.1, 0.15) is 22.3 Å². The lowest BCUT2D eigenvalue weighted by Gasteiger charge is -2.49. The van der Waals surface area contributed by atoms with Crippen molar-refractivity contribution >= 4 is 28.2 Å². The molecule has 6 rings (SSSR count). The van der Waals surface area contributed by atoms with E-state index in [1.807, 2.05) is 0 Å². The summed E-state index contributed by atoms with van der Waals surface area (Å²) < 4.78 is 1.51. The molecular formula is C31H35N7OS. The summed E-state index contributed by atoms with van der Waals surface area (Å²) in [6, 6.07) is 14.9. The summed E-state index contributed by atoms with van der Waals surface area (Å²) in [6.45, 7) is 8.07. The molecule has 0 radical (unpaired) electrons. The summed E-state index contributed by atoms with van der Waals surface area (Å²) in [5, 5.41) is 13.0. The summed E-state index contributed by atoms with van der Waals surface area (Å²) in [7, 11) is 1.70. The lowest BCUT2D eigenvalue weighted by atomic mass is 9.96. The van der Waals surface area contributed by atoms with E-state index in [1.165, 1.54) is 34.2 Å². The Bertz CT molecular complexity index is 1630. The molecule has 2 fully saturated rings. The predicted molar refractivity (Wildman–Crippen MR) is 159 cm³/mol. The molecule has 1 saturated carbocycles. The second-order valence-corrected chi connectivity index (χ2v) is 12.0. The molecule has 4 aromatic rings. The molecule has 1 aliphatic carbocycles. The summed E-state index contributed by atoms with van der Waals surface area (Å²) in [6.07, 6.45) is 4.31. The number of nitrogens with zero attached hydrogens (tertiary/aromatic N) is 7. The van der Waals surface area contributed by atoms with E-state index in [4.69, 9.17) is 4.98 Å². The average molecular weight is 554 g/mol. The van der Waals surface area contributed by atoms with Crippen LogP contribution in [-0.4, -0.2) is 49.6 Å². The third-order valence-electron chi connectivity index (χ3n) is 8.50. The maximum Gasteiger partial charge on any atom is 0.349 e. The van der Waals surface area contributed by atoms with Gasteiger partial charge in [0, 0.05) is 43.5 Å². The number of nitriles is 1. The molecule has 2 aliphatic rings. The zero-order chi connectivity index (χ0) is 28.0. The Morgan fingerprint density at radius 3 is 2.45 bits per heavy atom. The summed E-state index contributed by atoms with van der Waals surface area (Å²) >= 11 is 1.78. The second-order valence-electron chi connectivity index (χ2n) is 11.1. The highest BCUT2D eigenvalue weighted by Crippen LogP contribution is 2.43. The van der Waals surface area contributed by atoms with Gasteiger partial charge >= 0.3 is 5.69 Å². The number of thiazole rings is 1. The quantitative estimate of drug-likeness (QED) is 0.306. The smallest absolute Gasteiger partial charge is 0.349 e. The zero-order valence-electron chi connectivity index (χ0n) is 23.5. The van der Waals surface area contributed by atoms with Crippen LogP contribution in [0.5, 0.6) is 0 Å². The van der Waals surface area contributed by atoms with Crippen LogP contribution >= 0.6 is 11.3 Å². The third kappa shape index (κ3) is 4.80. The van der Waals surface area contributed by atoms with E-state index >= 15 is 0 Å². The third-order valence-corrected chi connectivity index (χ3v) is 9.41. The van der Waals surface area contributed by atoms with E-state index in [-0.39, 0.29) is 23.8 Å².